The van der Waals surface area contributed by atoms with Crippen molar-refractivity contribution in [3.63, 3.8) is 0 Å². The summed E-state index contributed by atoms with van der Waals surface area (Å²) < 4.78 is 39.9. The molecule has 2 atom stereocenters. The maximum atomic E-state index is 15.7. The fraction of sp³-hybridized carbons (Fsp3) is 0.240. The van der Waals surface area contributed by atoms with Crippen LogP contribution in [-0.4, -0.2) is 62.4 Å². The summed E-state index contributed by atoms with van der Waals surface area (Å²) in [7, 11) is 0. The second-order valence-corrected chi connectivity index (χ2v) is 8.73. The molecule has 0 radical (unpaired) electrons. The summed E-state index contributed by atoms with van der Waals surface area (Å²) in [5, 5.41) is 23.6. The van der Waals surface area contributed by atoms with Crippen molar-refractivity contribution in [3.8, 4) is 11.5 Å². The summed E-state index contributed by atoms with van der Waals surface area (Å²) in [4.78, 5) is 23.1. The Kier molecular flexibility index (Phi) is 6.13. The van der Waals surface area contributed by atoms with Crippen molar-refractivity contribution >= 4 is 23.4 Å². The summed E-state index contributed by atoms with van der Waals surface area (Å²) in [6.07, 6.45) is 2.56. The van der Waals surface area contributed by atoms with Gasteiger partial charge in [0.15, 0.2) is 5.82 Å². The Bertz CT molecular complexity index is 1480. The van der Waals surface area contributed by atoms with Crippen molar-refractivity contribution in [1.29, 1.82) is 0 Å². The zero-order valence-corrected chi connectivity index (χ0v) is 19.8. The van der Waals surface area contributed by atoms with Gasteiger partial charge in [-0.15, -0.1) is 10.2 Å². The van der Waals surface area contributed by atoms with Crippen LogP contribution < -0.4 is 10.6 Å². The first-order valence-electron chi connectivity index (χ1n) is 11.8. The first kappa shape index (κ1) is 23.9. The number of nitrogens with one attached hydrogen (secondary N) is 2. The number of aromatic nitrogens is 4. The molecule has 1 fully saturated rings. The number of nitrogens with zero attached hydrogens (tertiary/aromatic N) is 5. The minimum absolute atomic E-state index is 0.0338. The maximum Gasteiger partial charge on any atom is 0.255 e. The predicted molar refractivity (Wildman–Crippen MR) is 129 cm³/mol. The van der Waals surface area contributed by atoms with Gasteiger partial charge in [0, 0.05) is 23.9 Å². The van der Waals surface area contributed by atoms with Crippen LogP contribution in [-0.2, 0) is 4.74 Å². The standard InChI is InChI=1S/C25H21F2N7O4/c26-14-3-1-13(2-4-14)18(10-35)30-22-16(23-33-29-12-38-23)9-28-25(32-22)31-17-6-5-15-20(21(17)27)19-11-37-8-7-34(19)24(15)36/h1-6,9,12,18-19,35H,7-8,10-11H2,(H2,28,30,31,32)/t18-,19?/m1/s1. The highest BCUT2D eigenvalue weighted by Crippen LogP contribution is 2.40. The van der Waals surface area contributed by atoms with Crippen LogP contribution in [0, 0.1) is 11.6 Å². The van der Waals surface area contributed by atoms with E-state index in [0.29, 0.717) is 29.8 Å². The molecule has 1 unspecified atom stereocenters. The number of ether oxygens (including phenoxy) is 1. The summed E-state index contributed by atoms with van der Waals surface area (Å²) in [5.74, 6) is -0.861. The number of morpholine rings is 1. The number of aliphatic hydroxyl groups is 1. The number of amides is 1. The smallest absolute Gasteiger partial charge is 0.255 e. The number of anilines is 3. The molecule has 2 aromatic heterocycles. The molecule has 2 aliphatic rings. The molecule has 1 amide bonds. The van der Waals surface area contributed by atoms with Crippen molar-refractivity contribution in [3.05, 3.63) is 77.3 Å². The van der Waals surface area contributed by atoms with Gasteiger partial charge < -0.3 is 29.8 Å². The van der Waals surface area contributed by atoms with Crippen molar-refractivity contribution in [2.75, 3.05) is 37.0 Å². The van der Waals surface area contributed by atoms with E-state index in [1.807, 2.05) is 0 Å². The van der Waals surface area contributed by atoms with Crippen LogP contribution in [0.1, 0.15) is 33.6 Å². The molecular formula is C25H21F2N7O4. The van der Waals surface area contributed by atoms with Gasteiger partial charge in [0.2, 0.25) is 12.3 Å². The van der Waals surface area contributed by atoms with Crippen molar-refractivity contribution in [1.82, 2.24) is 25.1 Å². The highest BCUT2D eigenvalue weighted by atomic mass is 19.1. The van der Waals surface area contributed by atoms with Crippen LogP contribution in [0.2, 0.25) is 0 Å². The number of rotatable bonds is 7. The fourth-order valence-electron chi connectivity index (χ4n) is 4.66. The molecule has 4 aromatic rings. The molecule has 2 aliphatic heterocycles. The Morgan fingerprint density at radius 1 is 1.16 bits per heavy atom. The molecule has 4 heterocycles. The van der Waals surface area contributed by atoms with Crippen LogP contribution >= 0.6 is 0 Å². The number of carbonyl (C=O) groups excluding carboxylic acids is 1. The van der Waals surface area contributed by atoms with E-state index in [-0.39, 0.29) is 48.0 Å². The van der Waals surface area contributed by atoms with E-state index in [1.54, 1.807) is 11.0 Å². The Morgan fingerprint density at radius 3 is 2.76 bits per heavy atom. The van der Waals surface area contributed by atoms with E-state index in [0.717, 1.165) is 6.39 Å². The summed E-state index contributed by atoms with van der Waals surface area (Å²) in [6, 6.07) is 7.51. The molecule has 0 bridgehead atoms. The maximum absolute atomic E-state index is 15.7. The van der Waals surface area contributed by atoms with E-state index >= 15 is 4.39 Å². The minimum atomic E-state index is -0.667. The van der Waals surface area contributed by atoms with E-state index in [1.165, 1.54) is 36.5 Å². The molecule has 0 aliphatic carbocycles. The number of carbonyl (C=O) groups is 1. The van der Waals surface area contributed by atoms with E-state index < -0.39 is 23.7 Å². The number of benzene rings is 2. The quantitative estimate of drug-likeness (QED) is 0.332. The molecule has 2 aromatic carbocycles. The molecule has 0 spiro atoms. The normalized spacial score (nSPS) is 17.2. The highest BCUT2D eigenvalue weighted by molar-refractivity contribution is 6.00. The Morgan fingerprint density at radius 2 is 2.00 bits per heavy atom. The molecule has 11 nitrogen and oxygen atoms in total. The lowest BCUT2D eigenvalue weighted by Crippen LogP contribution is -2.38. The average molecular weight is 521 g/mol. The SMILES string of the molecule is O=C1c2ccc(Nc3ncc(-c4nnco4)c(N[C@H](CO)c4ccc(F)cc4)n3)c(F)c2C2COCCN12. The lowest BCUT2D eigenvalue weighted by Gasteiger charge is -2.30. The summed E-state index contributed by atoms with van der Waals surface area (Å²) in [6.45, 7) is 0.686. The Labute approximate surface area is 214 Å². The molecule has 3 N–H and O–H groups in total. The monoisotopic (exact) mass is 521 g/mol. The van der Waals surface area contributed by atoms with Crippen LogP contribution in [0.4, 0.5) is 26.2 Å². The Hall–Kier alpha value is -4.49. The average Bonchev–Trinajstić information content (AvgIpc) is 3.57. The van der Waals surface area contributed by atoms with Gasteiger partial charge in [-0.25, -0.2) is 13.8 Å². The van der Waals surface area contributed by atoms with Gasteiger partial charge in [-0.3, -0.25) is 4.79 Å². The molecular weight excluding hydrogens is 500 g/mol. The zero-order valence-electron chi connectivity index (χ0n) is 19.8. The van der Waals surface area contributed by atoms with Crippen molar-refractivity contribution in [2.45, 2.75) is 12.1 Å². The van der Waals surface area contributed by atoms with Gasteiger partial charge in [-0.1, -0.05) is 12.1 Å². The van der Waals surface area contributed by atoms with Gasteiger partial charge in [0.25, 0.3) is 11.8 Å². The van der Waals surface area contributed by atoms with Gasteiger partial charge in [0.1, 0.15) is 11.6 Å². The summed E-state index contributed by atoms with van der Waals surface area (Å²) >= 11 is 0. The predicted octanol–water partition coefficient (Wildman–Crippen LogP) is 3.22. The second kappa shape index (κ2) is 9.76. The van der Waals surface area contributed by atoms with Crippen molar-refractivity contribution < 1.29 is 27.8 Å². The van der Waals surface area contributed by atoms with Gasteiger partial charge in [-0.2, -0.15) is 4.98 Å². The Balaban J connectivity index is 1.34. The second-order valence-electron chi connectivity index (χ2n) is 8.73. The lowest BCUT2D eigenvalue weighted by molar-refractivity contribution is 0.00376. The number of fused-ring (bicyclic) bond motifs is 3. The van der Waals surface area contributed by atoms with E-state index in [2.05, 4.69) is 30.8 Å². The molecule has 0 saturated carbocycles. The van der Waals surface area contributed by atoms with Gasteiger partial charge >= 0.3 is 0 Å². The highest BCUT2D eigenvalue weighted by Gasteiger charge is 2.41. The van der Waals surface area contributed by atoms with Crippen LogP contribution in [0.5, 0.6) is 0 Å². The number of hydrogen-bond donors (Lipinski definition) is 3. The largest absolute Gasteiger partial charge is 0.423 e. The van der Waals surface area contributed by atoms with Crippen LogP contribution in [0.3, 0.4) is 0 Å². The van der Waals surface area contributed by atoms with Crippen LogP contribution in [0.25, 0.3) is 11.5 Å². The minimum Gasteiger partial charge on any atom is -0.423 e. The number of halogens is 2. The topological polar surface area (TPSA) is 139 Å². The fourth-order valence-corrected chi connectivity index (χ4v) is 4.66. The lowest BCUT2D eigenvalue weighted by atomic mass is 10.0. The molecule has 38 heavy (non-hydrogen) atoms. The van der Waals surface area contributed by atoms with E-state index in [9.17, 15) is 14.3 Å². The first-order chi connectivity index (χ1) is 18.5. The third-order valence-electron chi connectivity index (χ3n) is 6.52. The number of aliphatic hydroxyl groups excluding tert-OH is 1. The van der Waals surface area contributed by atoms with Gasteiger partial charge in [0.05, 0.1) is 43.2 Å². The number of hydrogen-bond acceptors (Lipinski definition) is 10. The third kappa shape index (κ3) is 4.21. The molecule has 6 rings (SSSR count). The molecule has 194 valence electrons. The summed E-state index contributed by atoms with van der Waals surface area (Å²) in [5.41, 5.74) is 1.61. The zero-order chi connectivity index (χ0) is 26.2. The van der Waals surface area contributed by atoms with Gasteiger partial charge in [-0.05, 0) is 29.8 Å². The molecule has 1 saturated heterocycles. The molecule has 13 heteroatoms. The van der Waals surface area contributed by atoms with Crippen molar-refractivity contribution in [2.24, 2.45) is 0 Å². The third-order valence-corrected chi connectivity index (χ3v) is 6.52. The van der Waals surface area contributed by atoms with Crippen LogP contribution in [0.15, 0.2) is 53.4 Å². The van der Waals surface area contributed by atoms with E-state index in [4.69, 9.17) is 9.15 Å². The first-order valence-corrected chi connectivity index (χ1v) is 11.8.